The van der Waals surface area contributed by atoms with Crippen molar-refractivity contribution in [1.29, 1.82) is 0 Å². The van der Waals surface area contributed by atoms with Crippen LogP contribution in [0.4, 0.5) is 0 Å². The molecule has 2 aliphatic rings. The van der Waals surface area contributed by atoms with Crippen LogP contribution < -0.4 is 5.32 Å². The Hall–Kier alpha value is -0.740. The molecule has 2 atom stereocenters. The molecule has 0 spiro atoms. The molecule has 0 aromatic rings. The molecule has 0 aliphatic carbocycles. The molecule has 0 saturated carbocycles. The first-order chi connectivity index (χ1) is 9.52. The van der Waals surface area contributed by atoms with Crippen LogP contribution in [0.3, 0.4) is 0 Å². The van der Waals surface area contributed by atoms with Gasteiger partial charge in [0.05, 0.1) is 0 Å². The highest BCUT2D eigenvalue weighted by Gasteiger charge is 2.24. The average molecular weight is 280 g/mol. The Morgan fingerprint density at radius 1 is 1.10 bits per heavy atom. The SMILES string of the molecule is CC(C)CN1CCC(NC(C)CN2C=CN(C)CC2)C1. The summed E-state index contributed by atoms with van der Waals surface area (Å²) in [7, 11) is 2.14. The average Bonchev–Trinajstić information content (AvgIpc) is 2.78. The van der Waals surface area contributed by atoms with Gasteiger partial charge >= 0.3 is 0 Å². The molecule has 1 saturated heterocycles. The summed E-state index contributed by atoms with van der Waals surface area (Å²) in [4.78, 5) is 7.28. The van der Waals surface area contributed by atoms with Gasteiger partial charge in [-0.1, -0.05) is 13.8 Å². The lowest BCUT2D eigenvalue weighted by Gasteiger charge is -2.32. The van der Waals surface area contributed by atoms with E-state index in [2.05, 4.69) is 60.2 Å². The second-order valence-electron chi connectivity index (χ2n) is 6.98. The van der Waals surface area contributed by atoms with E-state index in [1.807, 2.05) is 0 Å². The minimum atomic E-state index is 0.562. The minimum absolute atomic E-state index is 0.562. The van der Waals surface area contributed by atoms with Crippen LogP contribution in [0.5, 0.6) is 0 Å². The fraction of sp³-hybridized carbons (Fsp3) is 0.875. The first-order valence-corrected chi connectivity index (χ1v) is 8.14. The molecule has 0 aromatic carbocycles. The molecule has 116 valence electrons. The van der Waals surface area contributed by atoms with E-state index in [0.717, 1.165) is 25.6 Å². The Kier molecular flexibility index (Phi) is 5.73. The summed E-state index contributed by atoms with van der Waals surface area (Å²) in [6.45, 7) is 14.1. The molecule has 2 unspecified atom stereocenters. The molecule has 20 heavy (non-hydrogen) atoms. The van der Waals surface area contributed by atoms with E-state index in [9.17, 15) is 0 Å². The first-order valence-electron chi connectivity index (χ1n) is 8.14. The Labute approximate surface area is 124 Å². The molecule has 2 heterocycles. The van der Waals surface area contributed by atoms with Gasteiger partial charge in [0.15, 0.2) is 0 Å². The summed E-state index contributed by atoms with van der Waals surface area (Å²) < 4.78 is 0. The Morgan fingerprint density at radius 3 is 2.55 bits per heavy atom. The molecule has 0 amide bonds. The van der Waals surface area contributed by atoms with Gasteiger partial charge in [0.25, 0.3) is 0 Å². The fourth-order valence-electron chi connectivity index (χ4n) is 3.25. The molecule has 2 aliphatic heterocycles. The highest BCUT2D eigenvalue weighted by Crippen LogP contribution is 2.12. The van der Waals surface area contributed by atoms with Crippen molar-refractivity contribution in [2.75, 3.05) is 46.3 Å². The Morgan fingerprint density at radius 2 is 1.90 bits per heavy atom. The largest absolute Gasteiger partial charge is 0.377 e. The van der Waals surface area contributed by atoms with Crippen LogP contribution in [0, 0.1) is 5.92 Å². The standard InChI is InChI=1S/C16H32N4/c1-14(2)11-20-6-5-16(13-20)17-15(3)12-19-9-7-18(4)8-10-19/h7,9,14-17H,5-6,8,10-13H2,1-4H3. The summed E-state index contributed by atoms with van der Waals surface area (Å²) in [6.07, 6.45) is 5.70. The van der Waals surface area contributed by atoms with E-state index in [1.54, 1.807) is 0 Å². The van der Waals surface area contributed by atoms with Crippen molar-refractivity contribution < 1.29 is 0 Å². The summed E-state index contributed by atoms with van der Waals surface area (Å²) in [5, 5.41) is 3.81. The van der Waals surface area contributed by atoms with E-state index in [-0.39, 0.29) is 0 Å². The van der Waals surface area contributed by atoms with Crippen molar-refractivity contribution in [3.05, 3.63) is 12.4 Å². The van der Waals surface area contributed by atoms with E-state index < -0.39 is 0 Å². The highest BCUT2D eigenvalue weighted by atomic mass is 15.2. The van der Waals surface area contributed by atoms with E-state index in [0.29, 0.717) is 12.1 Å². The monoisotopic (exact) mass is 280 g/mol. The number of nitrogens with zero attached hydrogens (tertiary/aromatic N) is 3. The van der Waals surface area contributed by atoms with Gasteiger partial charge in [-0.3, -0.25) is 0 Å². The maximum Gasteiger partial charge on any atom is 0.0349 e. The van der Waals surface area contributed by atoms with Gasteiger partial charge in [-0.25, -0.2) is 0 Å². The zero-order chi connectivity index (χ0) is 14.5. The molecule has 4 nitrogen and oxygen atoms in total. The zero-order valence-corrected chi connectivity index (χ0v) is 13.7. The quantitative estimate of drug-likeness (QED) is 0.794. The molecular weight excluding hydrogens is 248 g/mol. The number of hydrogen-bond acceptors (Lipinski definition) is 4. The van der Waals surface area contributed by atoms with Gasteiger partial charge in [0.1, 0.15) is 0 Å². The lowest BCUT2D eigenvalue weighted by atomic mass is 10.2. The van der Waals surface area contributed by atoms with Crippen molar-refractivity contribution in [3.63, 3.8) is 0 Å². The number of hydrogen-bond donors (Lipinski definition) is 1. The molecular formula is C16H32N4. The third kappa shape index (κ3) is 4.98. The van der Waals surface area contributed by atoms with Crippen molar-refractivity contribution in [2.24, 2.45) is 5.92 Å². The molecule has 1 fully saturated rings. The van der Waals surface area contributed by atoms with Crippen LogP contribution in [0.15, 0.2) is 12.4 Å². The summed E-state index contributed by atoms with van der Waals surface area (Å²) >= 11 is 0. The van der Waals surface area contributed by atoms with Crippen molar-refractivity contribution in [3.8, 4) is 0 Å². The van der Waals surface area contributed by atoms with Gasteiger partial charge in [0, 0.05) is 64.3 Å². The molecule has 4 heteroatoms. The second kappa shape index (κ2) is 7.32. The Bertz CT molecular complexity index is 316. The van der Waals surface area contributed by atoms with Crippen LogP contribution in [0.2, 0.25) is 0 Å². The van der Waals surface area contributed by atoms with Gasteiger partial charge in [-0.2, -0.15) is 0 Å². The lowest BCUT2D eigenvalue weighted by Crippen LogP contribution is -2.45. The van der Waals surface area contributed by atoms with Crippen molar-refractivity contribution in [1.82, 2.24) is 20.0 Å². The predicted octanol–water partition coefficient (Wildman–Crippen LogP) is 1.41. The van der Waals surface area contributed by atoms with E-state index >= 15 is 0 Å². The van der Waals surface area contributed by atoms with Crippen molar-refractivity contribution >= 4 is 0 Å². The van der Waals surface area contributed by atoms with Crippen molar-refractivity contribution in [2.45, 2.75) is 39.3 Å². The molecule has 1 N–H and O–H groups in total. The zero-order valence-electron chi connectivity index (χ0n) is 13.7. The second-order valence-corrected chi connectivity index (χ2v) is 6.98. The smallest absolute Gasteiger partial charge is 0.0349 e. The maximum atomic E-state index is 3.81. The number of rotatable bonds is 6. The predicted molar refractivity (Wildman–Crippen MR) is 85.6 cm³/mol. The summed E-state index contributed by atoms with van der Waals surface area (Å²) in [5.41, 5.74) is 0. The Balaban J connectivity index is 1.67. The minimum Gasteiger partial charge on any atom is -0.377 e. The molecule has 0 bridgehead atoms. The van der Waals surface area contributed by atoms with Crippen LogP contribution in [0.25, 0.3) is 0 Å². The maximum absolute atomic E-state index is 3.81. The van der Waals surface area contributed by atoms with Gasteiger partial charge < -0.3 is 20.0 Å². The van der Waals surface area contributed by atoms with Crippen LogP contribution in [-0.4, -0.2) is 73.1 Å². The first kappa shape index (κ1) is 15.6. The highest BCUT2D eigenvalue weighted by molar-refractivity contribution is 4.90. The van der Waals surface area contributed by atoms with Gasteiger partial charge in [-0.15, -0.1) is 0 Å². The normalized spacial score (nSPS) is 25.8. The molecule has 0 radical (unpaired) electrons. The third-order valence-electron chi connectivity index (χ3n) is 4.20. The van der Waals surface area contributed by atoms with Gasteiger partial charge in [0.2, 0.25) is 0 Å². The van der Waals surface area contributed by atoms with Crippen LogP contribution in [-0.2, 0) is 0 Å². The number of likely N-dealkylation sites (N-methyl/N-ethyl adjacent to an activating group) is 1. The summed E-state index contributed by atoms with van der Waals surface area (Å²) in [5.74, 6) is 0.779. The van der Waals surface area contributed by atoms with Gasteiger partial charge in [-0.05, 0) is 25.8 Å². The lowest BCUT2D eigenvalue weighted by molar-refractivity contribution is 0.254. The molecule has 2 rings (SSSR count). The van der Waals surface area contributed by atoms with Crippen LogP contribution in [0.1, 0.15) is 27.2 Å². The number of nitrogens with one attached hydrogen (secondary N) is 1. The fourth-order valence-corrected chi connectivity index (χ4v) is 3.25. The van der Waals surface area contributed by atoms with E-state index in [4.69, 9.17) is 0 Å². The topological polar surface area (TPSA) is 21.8 Å². The summed E-state index contributed by atoms with van der Waals surface area (Å²) in [6, 6.07) is 1.24. The van der Waals surface area contributed by atoms with E-state index in [1.165, 1.54) is 26.1 Å². The van der Waals surface area contributed by atoms with Crippen LogP contribution >= 0.6 is 0 Å². The third-order valence-corrected chi connectivity index (χ3v) is 4.20. The molecule has 0 aromatic heterocycles. The number of likely N-dealkylation sites (tertiary alicyclic amines) is 1.